The predicted molar refractivity (Wildman–Crippen MR) is 88.3 cm³/mol. The van der Waals surface area contributed by atoms with Crippen LogP contribution in [0.3, 0.4) is 0 Å². The molecule has 3 aromatic rings. The number of carbonyl (C=O) groups excluding carboxylic acids is 2. The summed E-state index contributed by atoms with van der Waals surface area (Å²) in [5.41, 5.74) is 1.73. The van der Waals surface area contributed by atoms with Crippen molar-refractivity contribution < 1.29 is 14.0 Å². The Morgan fingerprint density at radius 2 is 2.16 bits per heavy atom. The van der Waals surface area contributed by atoms with Crippen LogP contribution in [0.5, 0.6) is 0 Å². The average molecular weight is 337 g/mol. The van der Waals surface area contributed by atoms with Gasteiger partial charge < -0.3 is 9.40 Å². The summed E-state index contributed by atoms with van der Waals surface area (Å²) in [6, 6.07) is 5.41. The lowest BCUT2D eigenvalue weighted by Gasteiger charge is -2.07. The highest BCUT2D eigenvalue weighted by atomic mass is 16.4. The largest absolute Gasteiger partial charge is 0.455 e. The lowest BCUT2D eigenvalue weighted by atomic mass is 9.94. The van der Waals surface area contributed by atoms with Gasteiger partial charge in [0.15, 0.2) is 17.4 Å². The molecule has 4 rings (SSSR count). The van der Waals surface area contributed by atoms with E-state index >= 15 is 0 Å². The summed E-state index contributed by atoms with van der Waals surface area (Å²) in [6.45, 7) is 1.72. The highest BCUT2D eigenvalue weighted by molar-refractivity contribution is 6.07. The number of amides is 1. The molecule has 1 aliphatic rings. The molecular formula is C17H15N5O3. The molecule has 0 aromatic carbocycles. The molecule has 0 spiro atoms. The Bertz CT molecular complexity index is 958. The van der Waals surface area contributed by atoms with Crippen molar-refractivity contribution in [2.75, 3.05) is 5.32 Å². The van der Waals surface area contributed by atoms with Crippen molar-refractivity contribution in [1.82, 2.24) is 20.2 Å². The fourth-order valence-electron chi connectivity index (χ4n) is 2.97. The molecular weight excluding hydrogens is 322 g/mol. The summed E-state index contributed by atoms with van der Waals surface area (Å²) in [5, 5.41) is 10.5. The molecule has 126 valence electrons. The monoisotopic (exact) mass is 337 g/mol. The summed E-state index contributed by atoms with van der Waals surface area (Å²) in [4.78, 5) is 31.6. The van der Waals surface area contributed by atoms with Crippen LogP contribution in [0, 0.1) is 6.92 Å². The van der Waals surface area contributed by atoms with Crippen molar-refractivity contribution in [3.05, 3.63) is 47.0 Å². The number of nitrogens with one attached hydrogen (secondary N) is 2. The van der Waals surface area contributed by atoms with Crippen LogP contribution in [0.4, 0.5) is 5.95 Å². The van der Waals surface area contributed by atoms with Crippen molar-refractivity contribution in [3.63, 3.8) is 0 Å². The number of carbonyl (C=O) groups is 2. The molecule has 3 heterocycles. The van der Waals surface area contributed by atoms with Crippen LogP contribution in [-0.2, 0) is 6.42 Å². The van der Waals surface area contributed by atoms with E-state index in [2.05, 4.69) is 25.5 Å². The normalized spacial score (nSPS) is 13.6. The van der Waals surface area contributed by atoms with E-state index in [9.17, 15) is 9.59 Å². The SMILES string of the molecule is Cc1c(C(=O)Nc2nnc(-c3ccccn3)[nH]2)oc2c1C(=O)CCC2. The Balaban J connectivity index is 1.57. The van der Waals surface area contributed by atoms with Crippen LogP contribution in [0.25, 0.3) is 11.5 Å². The maximum atomic E-state index is 12.5. The Labute approximate surface area is 142 Å². The number of H-pyrrole nitrogens is 1. The van der Waals surface area contributed by atoms with Crippen LogP contribution in [0.2, 0.25) is 0 Å². The zero-order valence-electron chi connectivity index (χ0n) is 13.5. The molecule has 1 amide bonds. The number of furan rings is 1. The van der Waals surface area contributed by atoms with E-state index in [0.717, 1.165) is 6.42 Å². The molecule has 0 radical (unpaired) electrons. The number of aromatic nitrogens is 4. The van der Waals surface area contributed by atoms with Gasteiger partial charge >= 0.3 is 0 Å². The molecule has 0 unspecified atom stereocenters. The van der Waals surface area contributed by atoms with Gasteiger partial charge in [0.25, 0.3) is 5.91 Å². The Hall–Kier alpha value is -3.29. The molecule has 8 heteroatoms. The zero-order valence-corrected chi connectivity index (χ0v) is 13.5. The molecule has 0 atom stereocenters. The van der Waals surface area contributed by atoms with Gasteiger partial charge in [0.1, 0.15) is 11.5 Å². The van der Waals surface area contributed by atoms with Crippen molar-refractivity contribution in [2.24, 2.45) is 0 Å². The van der Waals surface area contributed by atoms with E-state index in [1.165, 1.54) is 0 Å². The number of Topliss-reactive ketones (excluding diaryl/α,β-unsaturated/α-hetero) is 1. The number of hydrogen-bond acceptors (Lipinski definition) is 6. The minimum atomic E-state index is -0.469. The number of ketones is 1. The van der Waals surface area contributed by atoms with Crippen LogP contribution in [0.1, 0.15) is 45.1 Å². The van der Waals surface area contributed by atoms with Crippen molar-refractivity contribution in [1.29, 1.82) is 0 Å². The van der Waals surface area contributed by atoms with E-state index in [0.29, 0.717) is 41.2 Å². The number of pyridine rings is 1. The number of rotatable bonds is 3. The quantitative estimate of drug-likeness (QED) is 0.759. The van der Waals surface area contributed by atoms with Gasteiger partial charge in [0.2, 0.25) is 5.95 Å². The molecule has 1 aliphatic carbocycles. The van der Waals surface area contributed by atoms with Gasteiger partial charge in [-0.3, -0.25) is 19.9 Å². The minimum absolute atomic E-state index is 0.0265. The predicted octanol–water partition coefficient (Wildman–Crippen LogP) is 2.54. The summed E-state index contributed by atoms with van der Waals surface area (Å²) in [5.74, 6) is 0.913. The number of hydrogen-bond donors (Lipinski definition) is 2. The standard InChI is InChI=1S/C17H15N5O3/c1-9-13-11(23)6-4-7-12(13)25-14(9)16(24)20-17-19-15(21-22-17)10-5-2-3-8-18-10/h2-3,5,8H,4,6-7H2,1H3,(H2,19,20,21,22,24). The first-order chi connectivity index (χ1) is 12.1. The summed E-state index contributed by atoms with van der Waals surface area (Å²) in [6.07, 6.45) is 3.55. The zero-order chi connectivity index (χ0) is 17.4. The molecule has 25 heavy (non-hydrogen) atoms. The smallest absolute Gasteiger partial charge is 0.294 e. The second-order valence-electron chi connectivity index (χ2n) is 5.82. The second kappa shape index (κ2) is 5.97. The lowest BCUT2D eigenvalue weighted by molar-refractivity contribution is 0.0963. The molecule has 0 bridgehead atoms. The third kappa shape index (κ3) is 2.71. The van der Waals surface area contributed by atoms with Gasteiger partial charge in [-0.1, -0.05) is 6.07 Å². The Kier molecular flexibility index (Phi) is 3.64. The van der Waals surface area contributed by atoms with Gasteiger partial charge in [-0.2, -0.15) is 0 Å². The Morgan fingerprint density at radius 3 is 2.92 bits per heavy atom. The van der Waals surface area contributed by atoms with E-state index in [1.807, 2.05) is 6.07 Å². The third-order valence-electron chi connectivity index (χ3n) is 4.14. The minimum Gasteiger partial charge on any atom is -0.455 e. The van der Waals surface area contributed by atoms with Crippen molar-refractivity contribution in [3.8, 4) is 11.5 Å². The number of aromatic amines is 1. The van der Waals surface area contributed by atoms with Gasteiger partial charge in [-0.15, -0.1) is 10.2 Å². The second-order valence-corrected chi connectivity index (χ2v) is 5.82. The van der Waals surface area contributed by atoms with Crippen molar-refractivity contribution in [2.45, 2.75) is 26.2 Å². The van der Waals surface area contributed by atoms with Gasteiger partial charge in [-0.05, 0) is 25.5 Å². The van der Waals surface area contributed by atoms with E-state index in [4.69, 9.17) is 4.42 Å². The molecule has 0 aliphatic heterocycles. The van der Waals surface area contributed by atoms with Gasteiger partial charge in [0, 0.05) is 24.6 Å². The summed E-state index contributed by atoms with van der Waals surface area (Å²) >= 11 is 0. The number of fused-ring (bicyclic) bond motifs is 1. The van der Waals surface area contributed by atoms with E-state index in [-0.39, 0.29) is 17.5 Å². The fraction of sp³-hybridized carbons (Fsp3) is 0.235. The third-order valence-corrected chi connectivity index (χ3v) is 4.14. The Morgan fingerprint density at radius 1 is 1.28 bits per heavy atom. The van der Waals surface area contributed by atoms with Gasteiger partial charge in [-0.25, -0.2) is 0 Å². The first kappa shape index (κ1) is 15.3. The number of anilines is 1. The number of nitrogens with zero attached hydrogens (tertiary/aromatic N) is 3. The highest BCUT2D eigenvalue weighted by Gasteiger charge is 2.29. The maximum absolute atomic E-state index is 12.5. The first-order valence-electron chi connectivity index (χ1n) is 7.94. The van der Waals surface area contributed by atoms with Crippen molar-refractivity contribution >= 4 is 17.6 Å². The van der Waals surface area contributed by atoms with Crippen LogP contribution >= 0.6 is 0 Å². The average Bonchev–Trinajstić information content (AvgIpc) is 3.21. The molecule has 0 saturated heterocycles. The van der Waals surface area contributed by atoms with Crippen LogP contribution in [-0.4, -0.2) is 31.9 Å². The van der Waals surface area contributed by atoms with Gasteiger partial charge in [0.05, 0.1) is 5.56 Å². The molecule has 8 nitrogen and oxygen atoms in total. The molecule has 3 aromatic heterocycles. The first-order valence-corrected chi connectivity index (χ1v) is 7.94. The lowest BCUT2D eigenvalue weighted by Crippen LogP contribution is -2.14. The van der Waals surface area contributed by atoms with Crippen LogP contribution < -0.4 is 5.32 Å². The fourth-order valence-corrected chi connectivity index (χ4v) is 2.97. The van der Waals surface area contributed by atoms with E-state index < -0.39 is 5.91 Å². The number of aryl methyl sites for hydroxylation is 1. The highest BCUT2D eigenvalue weighted by Crippen LogP contribution is 2.29. The molecule has 0 saturated carbocycles. The summed E-state index contributed by atoms with van der Waals surface area (Å²) in [7, 11) is 0. The maximum Gasteiger partial charge on any atom is 0.294 e. The van der Waals surface area contributed by atoms with E-state index in [1.54, 1.807) is 25.3 Å². The van der Waals surface area contributed by atoms with Crippen LogP contribution in [0.15, 0.2) is 28.8 Å². The summed E-state index contributed by atoms with van der Waals surface area (Å²) < 4.78 is 5.63. The molecule has 0 fully saturated rings. The topological polar surface area (TPSA) is 114 Å². The molecule has 2 N–H and O–H groups in total.